The SMILES string of the molecule is Cc1ccc(-c2ccc(CC(=O)Oc3ccc(-c4ccc(C#N)cc4)cc3)cc2)cc1. The van der Waals surface area contributed by atoms with Gasteiger partial charge in [0.2, 0.25) is 0 Å². The van der Waals surface area contributed by atoms with Gasteiger partial charge in [-0.1, -0.05) is 78.4 Å². The molecular formula is C28H21NO2. The average molecular weight is 403 g/mol. The number of ether oxygens (including phenoxy) is 1. The molecule has 4 aromatic carbocycles. The van der Waals surface area contributed by atoms with Gasteiger partial charge in [-0.3, -0.25) is 4.79 Å². The molecule has 3 nitrogen and oxygen atoms in total. The molecule has 0 aromatic heterocycles. The number of aryl methyl sites for hydroxylation is 1. The van der Waals surface area contributed by atoms with Crippen molar-refractivity contribution in [2.75, 3.05) is 0 Å². The molecule has 3 heteroatoms. The van der Waals surface area contributed by atoms with Crippen LogP contribution in [-0.4, -0.2) is 5.97 Å². The lowest BCUT2D eigenvalue weighted by Crippen LogP contribution is -2.11. The van der Waals surface area contributed by atoms with Gasteiger partial charge >= 0.3 is 5.97 Å². The standard InChI is InChI=1S/C28H21NO2/c1-20-2-8-23(9-3-20)24-10-4-21(5-11-24)18-28(30)31-27-16-14-26(15-17-27)25-12-6-22(19-29)7-13-25/h2-17H,18H2,1H3. The predicted molar refractivity (Wildman–Crippen MR) is 123 cm³/mol. The maximum Gasteiger partial charge on any atom is 0.315 e. The number of esters is 1. The second-order valence-corrected chi connectivity index (χ2v) is 7.43. The Kier molecular flexibility index (Phi) is 5.91. The summed E-state index contributed by atoms with van der Waals surface area (Å²) < 4.78 is 5.49. The van der Waals surface area contributed by atoms with Crippen LogP contribution < -0.4 is 4.74 Å². The topological polar surface area (TPSA) is 50.1 Å². The zero-order valence-electron chi connectivity index (χ0n) is 17.2. The molecule has 0 saturated carbocycles. The molecule has 0 N–H and O–H groups in total. The smallest absolute Gasteiger partial charge is 0.315 e. The van der Waals surface area contributed by atoms with Crippen LogP contribution in [0.4, 0.5) is 0 Å². The number of benzene rings is 4. The zero-order valence-corrected chi connectivity index (χ0v) is 17.2. The van der Waals surface area contributed by atoms with Crippen LogP contribution in [0.1, 0.15) is 16.7 Å². The van der Waals surface area contributed by atoms with Crippen molar-refractivity contribution in [1.29, 1.82) is 5.26 Å². The number of hydrogen-bond acceptors (Lipinski definition) is 3. The number of nitriles is 1. The van der Waals surface area contributed by atoms with Crippen molar-refractivity contribution in [3.63, 3.8) is 0 Å². The largest absolute Gasteiger partial charge is 0.426 e. The quantitative estimate of drug-likeness (QED) is 0.288. The van der Waals surface area contributed by atoms with Crippen molar-refractivity contribution >= 4 is 5.97 Å². The lowest BCUT2D eigenvalue weighted by Gasteiger charge is -2.07. The van der Waals surface area contributed by atoms with Gasteiger partial charge in [-0.2, -0.15) is 5.26 Å². The minimum Gasteiger partial charge on any atom is -0.426 e. The number of carbonyl (C=O) groups is 1. The van der Waals surface area contributed by atoms with E-state index in [1.807, 2.05) is 48.5 Å². The molecule has 0 atom stereocenters. The molecule has 0 fully saturated rings. The molecular weight excluding hydrogens is 382 g/mol. The first-order valence-electron chi connectivity index (χ1n) is 10.1. The first-order chi connectivity index (χ1) is 15.1. The van der Waals surface area contributed by atoms with Crippen LogP contribution in [0.15, 0.2) is 97.1 Å². The Morgan fingerprint density at radius 2 is 1.16 bits per heavy atom. The van der Waals surface area contributed by atoms with Crippen LogP contribution in [0.2, 0.25) is 0 Å². The van der Waals surface area contributed by atoms with Crippen LogP contribution in [0, 0.1) is 18.3 Å². The van der Waals surface area contributed by atoms with Gasteiger partial charge in [0.25, 0.3) is 0 Å². The molecule has 0 aliphatic rings. The molecule has 0 heterocycles. The highest BCUT2D eigenvalue weighted by molar-refractivity contribution is 5.76. The first kappa shape index (κ1) is 20.1. The van der Waals surface area contributed by atoms with Gasteiger partial charge in [-0.25, -0.2) is 0 Å². The molecule has 150 valence electrons. The van der Waals surface area contributed by atoms with E-state index in [1.165, 1.54) is 5.56 Å². The van der Waals surface area contributed by atoms with E-state index in [4.69, 9.17) is 10.00 Å². The van der Waals surface area contributed by atoms with E-state index in [0.717, 1.165) is 27.8 Å². The molecule has 0 amide bonds. The second-order valence-electron chi connectivity index (χ2n) is 7.43. The summed E-state index contributed by atoms with van der Waals surface area (Å²) in [6.45, 7) is 2.07. The highest BCUT2D eigenvalue weighted by atomic mass is 16.5. The molecule has 0 aliphatic carbocycles. The predicted octanol–water partition coefficient (Wildman–Crippen LogP) is 6.35. The Balaban J connectivity index is 1.37. The summed E-state index contributed by atoms with van der Waals surface area (Å²) in [7, 11) is 0. The average Bonchev–Trinajstić information content (AvgIpc) is 2.81. The third-order valence-corrected chi connectivity index (χ3v) is 5.12. The van der Waals surface area contributed by atoms with Gasteiger partial charge in [0.1, 0.15) is 5.75 Å². The van der Waals surface area contributed by atoms with E-state index in [2.05, 4.69) is 37.3 Å². The van der Waals surface area contributed by atoms with E-state index in [1.54, 1.807) is 24.3 Å². The van der Waals surface area contributed by atoms with Crippen LogP contribution in [0.3, 0.4) is 0 Å². The van der Waals surface area contributed by atoms with Crippen LogP contribution in [0.5, 0.6) is 5.75 Å². The zero-order chi connectivity index (χ0) is 21.6. The summed E-state index contributed by atoms with van der Waals surface area (Å²) in [4.78, 5) is 12.3. The van der Waals surface area contributed by atoms with E-state index < -0.39 is 0 Å². The van der Waals surface area contributed by atoms with E-state index in [9.17, 15) is 4.79 Å². The number of rotatable bonds is 5. The first-order valence-corrected chi connectivity index (χ1v) is 10.1. The van der Waals surface area contributed by atoms with Crippen molar-refractivity contribution in [2.45, 2.75) is 13.3 Å². The van der Waals surface area contributed by atoms with Crippen LogP contribution in [-0.2, 0) is 11.2 Å². The molecule has 4 rings (SSSR count). The molecule has 31 heavy (non-hydrogen) atoms. The van der Waals surface area contributed by atoms with Crippen LogP contribution >= 0.6 is 0 Å². The van der Waals surface area contributed by atoms with Gasteiger partial charge in [0.05, 0.1) is 18.1 Å². The maximum atomic E-state index is 12.3. The number of carbonyl (C=O) groups excluding carboxylic acids is 1. The fourth-order valence-corrected chi connectivity index (χ4v) is 3.35. The van der Waals surface area contributed by atoms with Gasteiger partial charge in [-0.15, -0.1) is 0 Å². The number of hydrogen-bond donors (Lipinski definition) is 0. The summed E-state index contributed by atoms with van der Waals surface area (Å²) in [6, 6.07) is 33.2. The van der Waals surface area contributed by atoms with Crippen molar-refractivity contribution in [3.8, 4) is 34.1 Å². The van der Waals surface area contributed by atoms with Crippen molar-refractivity contribution < 1.29 is 9.53 Å². The van der Waals surface area contributed by atoms with Gasteiger partial charge < -0.3 is 4.74 Å². The van der Waals surface area contributed by atoms with Crippen molar-refractivity contribution in [1.82, 2.24) is 0 Å². The minimum atomic E-state index is -0.297. The highest BCUT2D eigenvalue weighted by Crippen LogP contribution is 2.24. The maximum absolute atomic E-state index is 12.3. The third kappa shape index (κ3) is 5.07. The molecule has 0 bridgehead atoms. The molecule has 0 radical (unpaired) electrons. The van der Waals surface area contributed by atoms with E-state index in [0.29, 0.717) is 11.3 Å². The lowest BCUT2D eigenvalue weighted by molar-refractivity contribution is -0.133. The monoisotopic (exact) mass is 403 g/mol. The summed E-state index contributed by atoms with van der Waals surface area (Å²) in [5.74, 6) is 0.216. The van der Waals surface area contributed by atoms with Crippen molar-refractivity contribution in [2.24, 2.45) is 0 Å². The summed E-state index contributed by atoms with van der Waals surface area (Å²) in [5, 5.41) is 8.90. The molecule has 0 aliphatic heterocycles. The number of nitrogens with zero attached hydrogens (tertiary/aromatic N) is 1. The Morgan fingerprint density at radius 1 is 0.710 bits per heavy atom. The summed E-state index contributed by atoms with van der Waals surface area (Å²) in [5.41, 5.74) is 7.04. The molecule has 0 unspecified atom stereocenters. The fourth-order valence-electron chi connectivity index (χ4n) is 3.35. The Labute approximate surface area is 182 Å². The summed E-state index contributed by atoms with van der Waals surface area (Å²) in [6.07, 6.45) is 0.214. The molecule has 0 spiro atoms. The highest BCUT2D eigenvalue weighted by Gasteiger charge is 2.08. The third-order valence-electron chi connectivity index (χ3n) is 5.12. The lowest BCUT2D eigenvalue weighted by atomic mass is 10.0. The Hall–Kier alpha value is -4.16. The van der Waals surface area contributed by atoms with Gasteiger partial charge in [0.15, 0.2) is 0 Å². The van der Waals surface area contributed by atoms with Crippen LogP contribution in [0.25, 0.3) is 22.3 Å². The van der Waals surface area contributed by atoms with Gasteiger partial charge in [0, 0.05) is 0 Å². The Morgan fingerprint density at radius 3 is 1.68 bits per heavy atom. The molecule has 0 saturated heterocycles. The normalized spacial score (nSPS) is 10.3. The van der Waals surface area contributed by atoms with E-state index in [-0.39, 0.29) is 12.4 Å². The van der Waals surface area contributed by atoms with E-state index >= 15 is 0 Å². The van der Waals surface area contributed by atoms with Gasteiger partial charge in [-0.05, 0) is 59.0 Å². The minimum absolute atomic E-state index is 0.214. The van der Waals surface area contributed by atoms with Crippen molar-refractivity contribution in [3.05, 3.63) is 114 Å². The molecule has 4 aromatic rings. The summed E-state index contributed by atoms with van der Waals surface area (Å²) >= 11 is 0. The fraction of sp³-hybridized carbons (Fsp3) is 0.0714. The second kappa shape index (κ2) is 9.11. The Bertz CT molecular complexity index is 1210.